The summed E-state index contributed by atoms with van der Waals surface area (Å²) in [7, 11) is -0.604. The summed E-state index contributed by atoms with van der Waals surface area (Å²) in [5.41, 5.74) is 0.265. The Bertz CT molecular complexity index is 1170. The Labute approximate surface area is 201 Å². The van der Waals surface area contributed by atoms with Crippen LogP contribution in [0.5, 0.6) is 0 Å². The van der Waals surface area contributed by atoms with Crippen LogP contribution in [0.1, 0.15) is 44.1 Å². The molecule has 2 fully saturated rings. The average Bonchev–Trinajstić information content (AvgIpc) is 3.08. The Hall–Kier alpha value is -2.97. The van der Waals surface area contributed by atoms with E-state index < -0.39 is 15.6 Å². The number of hydrogen-bond acceptors (Lipinski definition) is 5. The van der Waals surface area contributed by atoms with Gasteiger partial charge in [0.25, 0.3) is 5.91 Å². The van der Waals surface area contributed by atoms with Crippen molar-refractivity contribution in [3.8, 4) is 0 Å². The van der Waals surface area contributed by atoms with Crippen LogP contribution in [0.25, 0.3) is 6.08 Å². The van der Waals surface area contributed by atoms with Crippen molar-refractivity contribution in [1.29, 1.82) is 0 Å². The Morgan fingerprint density at radius 3 is 2.24 bits per heavy atom. The third-order valence-corrected chi connectivity index (χ3v) is 8.43. The van der Waals surface area contributed by atoms with Gasteiger partial charge < -0.3 is 5.32 Å². The number of nitrogens with zero attached hydrogens (tertiary/aromatic N) is 2. The molecule has 34 heavy (non-hydrogen) atoms. The molecule has 8 heteroatoms. The fourth-order valence-corrected chi connectivity index (χ4v) is 5.59. The number of nitrogens with one attached hydrogen (secondary N) is 1. The van der Waals surface area contributed by atoms with Gasteiger partial charge in [0.2, 0.25) is 15.9 Å². The normalized spacial score (nSPS) is 22.1. The maximum atomic E-state index is 13.8. The smallest absolute Gasteiger partial charge is 0.259 e. The van der Waals surface area contributed by atoms with Crippen molar-refractivity contribution in [1.82, 2.24) is 9.21 Å². The van der Waals surface area contributed by atoms with Crippen LogP contribution in [0, 0.1) is 0 Å². The molecule has 1 N–H and O–H groups in total. The highest BCUT2D eigenvalue weighted by Crippen LogP contribution is 2.35. The largest absolute Gasteiger partial charge is 0.368 e. The number of likely N-dealkylation sites (tertiary alicyclic amines) is 1. The first-order valence-electron chi connectivity index (χ1n) is 11.6. The van der Waals surface area contributed by atoms with Crippen LogP contribution in [-0.2, 0) is 19.6 Å². The molecule has 2 aliphatic rings. The number of carbonyl (C=O) groups excluding carboxylic acids is 2. The molecule has 1 aliphatic heterocycles. The summed E-state index contributed by atoms with van der Waals surface area (Å²) in [5.74, 6) is -0.421. The van der Waals surface area contributed by atoms with E-state index in [2.05, 4.69) is 5.32 Å². The first kappa shape index (κ1) is 24.2. The number of benzene rings is 2. The molecular formula is C26H31N3O4S. The van der Waals surface area contributed by atoms with E-state index in [0.717, 1.165) is 42.0 Å². The van der Waals surface area contributed by atoms with Crippen LogP contribution in [0.4, 0.5) is 5.69 Å². The van der Waals surface area contributed by atoms with Gasteiger partial charge in [-0.05, 0) is 48.7 Å². The first-order valence-corrected chi connectivity index (χ1v) is 13.1. The molecule has 180 valence electrons. The summed E-state index contributed by atoms with van der Waals surface area (Å²) in [4.78, 5) is 28.5. The minimum atomic E-state index is -3.56. The van der Waals surface area contributed by atoms with Crippen molar-refractivity contribution in [2.45, 2.75) is 55.0 Å². The molecule has 4 rings (SSSR count). The van der Waals surface area contributed by atoms with E-state index in [0.29, 0.717) is 5.69 Å². The summed E-state index contributed by atoms with van der Waals surface area (Å²) in [6.45, 7) is 0. The van der Waals surface area contributed by atoms with Gasteiger partial charge in [-0.1, -0.05) is 55.7 Å². The van der Waals surface area contributed by atoms with Gasteiger partial charge in [0.1, 0.15) is 5.54 Å². The maximum absolute atomic E-state index is 13.8. The van der Waals surface area contributed by atoms with Gasteiger partial charge in [0.05, 0.1) is 11.3 Å². The quantitative estimate of drug-likeness (QED) is 0.607. The Morgan fingerprint density at radius 1 is 0.971 bits per heavy atom. The number of anilines is 1. The van der Waals surface area contributed by atoms with E-state index in [1.54, 1.807) is 18.2 Å². The highest BCUT2D eigenvalue weighted by atomic mass is 32.2. The summed E-state index contributed by atoms with van der Waals surface area (Å²) in [6, 6.07) is 15.8. The maximum Gasteiger partial charge on any atom is 0.259 e. The highest BCUT2D eigenvalue weighted by Gasteiger charge is 2.52. The van der Waals surface area contributed by atoms with Crippen molar-refractivity contribution in [2.75, 3.05) is 19.4 Å². The molecule has 1 saturated heterocycles. The topological polar surface area (TPSA) is 86.8 Å². The second-order valence-electron chi connectivity index (χ2n) is 9.19. The zero-order chi connectivity index (χ0) is 24.3. The molecule has 0 spiro atoms. The molecule has 0 bridgehead atoms. The molecule has 1 atom stereocenters. The fraction of sp³-hybridized carbons (Fsp3) is 0.385. The number of amides is 2. The second-order valence-corrected chi connectivity index (χ2v) is 11.3. The van der Waals surface area contributed by atoms with Crippen molar-refractivity contribution >= 4 is 33.6 Å². The molecule has 0 radical (unpaired) electrons. The standard InChI is InChI=1S/C26H31N3O4S/c1-28(2)34(32,33)23-15-13-21(14-16-23)27-26(18-17-20-9-5-3-6-10-20)19-24(30)29(25(26)31)22-11-7-4-8-12-22/h3,5-6,9-10,13-18,22,27H,4,7-8,11-12,19H2,1-2H3/b18-17+/t26-/m0/s1. The minimum absolute atomic E-state index is 0.0173. The van der Waals surface area contributed by atoms with Crippen LogP contribution in [-0.4, -0.2) is 55.1 Å². The molecule has 1 aliphatic carbocycles. The van der Waals surface area contributed by atoms with Crippen molar-refractivity contribution < 1.29 is 18.0 Å². The van der Waals surface area contributed by atoms with Gasteiger partial charge in [0, 0.05) is 25.8 Å². The first-order chi connectivity index (χ1) is 16.2. The predicted octanol–water partition coefficient (Wildman–Crippen LogP) is 3.89. The zero-order valence-electron chi connectivity index (χ0n) is 19.6. The Balaban J connectivity index is 1.67. The highest BCUT2D eigenvalue weighted by molar-refractivity contribution is 7.89. The van der Waals surface area contributed by atoms with Crippen molar-refractivity contribution in [3.63, 3.8) is 0 Å². The van der Waals surface area contributed by atoms with E-state index in [1.807, 2.05) is 36.4 Å². The lowest BCUT2D eigenvalue weighted by Crippen LogP contribution is -2.48. The van der Waals surface area contributed by atoms with Crippen LogP contribution in [0.2, 0.25) is 0 Å². The summed E-state index contributed by atoms with van der Waals surface area (Å²) in [5, 5.41) is 3.27. The van der Waals surface area contributed by atoms with E-state index >= 15 is 0 Å². The molecule has 2 amide bonds. The van der Waals surface area contributed by atoms with Gasteiger partial charge in [-0.3, -0.25) is 14.5 Å². The zero-order valence-corrected chi connectivity index (χ0v) is 20.4. The summed E-state index contributed by atoms with van der Waals surface area (Å²) in [6.07, 6.45) is 8.49. The Morgan fingerprint density at radius 2 is 1.62 bits per heavy atom. The van der Waals surface area contributed by atoms with Crippen LogP contribution in [0.15, 0.2) is 65.6 Å². The number of rotatable bonds is 7. The van der Waals surface area contributed by atoms with Gasteiger partial charge >= 0.3 is 0 Å². The van der Waals surface area contributed by atoms with E-state index in [4.69, 9.17) is 0 Å². The Kier molecular flexibility index (Phi) is 6.91. The van der Waals surface area contributed by atoms with Gasteiger partial charge in [-0.2, -0.15) is 0 Å². The summed E-state index contributed by atoms with van der Waals surface area (Å²) >= 11 is 0. The number of sulfonamides is 1. The number of imide groups is 1. The van der Waals surface area contributed by atoms with Crippen LogP contribution in [0.3, 0.4) is 0 Å². The number of carbonyl (C=O) groups is 2. The van der Waals surface area contributed by atoms with Gasteiger partial charge in [-0.15, -0.1) is 0 Å². The third-order valence-electron chi connectivity index (χ3n) is 6.60. The van der Waals surface area contributed by atoms with Crippen LogP contribution >= 0.6 is 0 Å². The van der Waals surface area contributed by atoms with Crippen molar-refractivity contribution in [3.05, 3.63) is 66.2 Å². The third kappa shape index (κ3) is 4.79. The van der Waals surface area contributed by atoms with Crippen LogP contribution < -0.4 is 5.32 Å². The number of hydrogen-bond donors (Lipinski definition) is 1. The molecule has 2 aromatic rings. The predicted molar refractivity (Wildman–Crippen MR) is 132 cm³/mol. The molecule has 0 unspecified atom stereocenters. The second kappa shape index (κ2) is 9.72. The molecule has 1 saturated carbocycles. The molecule has 0 aromatic heterocycles. The molecule has 2 aromatic carbocycles. The van der Waals surface area contributed by atoms with E-state index in [-0.39, 0.29) is 29.2 Å². The van der Waals surface area contributed by atoms with Crippen molar-refractivity contribution in [2.24, 2.45) is 0 Å². The lowest BCUT2D eigenvalue weighted by atomic mass is 9.93. The van der Waals surface area contributed by atoms with Gasteiger partial charge in [0.15, 0.2) is 0 Å². The lowest BCUT2D eigenvalue weighted by molar-refractivity contribution is -0.142. The average molecular weight is 482 g/mol. The summed E-state index contributed by atoms with van der Waals surface area (Å²) < 4.78 is 26.0. The van der Waals surface area contributed by atoms with E-state index in [1.165, 1.54) is 31.1 Å². The lowest BCUT2D eigenvalue weighted by Gasteiger charge is -2.32. The SMILES string of the molecule is CN(C)S(=O)(=O)c1ccc(N[C@@]2(/C=C/c3ccccc3)CC(=O)N(C3CCCCC3)C2=O)cc1. The van der Waals surface area contributed by atoms with E-state index in [9.17, 15) is 18.0 Å². The monoisotopic (exact) mass is 481 g/mol. The molecule has 1 heterocycles. The fourth-order valence-electron chi connectivity index (χ4n) is 4.69. The van der Waals surface area contributed by atoms with Gasteiger partial charge in [-0.25, -0.2) is 12.7 Å². The molecular weight excluding hydrogens is 450 g/mol. The molecule has 7 nitrogen and oxygen atoms in total. The minimum Gasteiger partial charge on any atom is -0.368 e.